The topological polar surface area (TPSA) is 170 Å². The summed E-state index contributed by atoms with van der Waals surface area (Å²) in [4.78, 5) is 19.1. The molecule has 0 saturated carbocycles. The van der Waals surface area contributed by atoms with Crippen LogP contribution in [0, 0.1) is 0 Å². The third-order valence-electron chi connectivity index (χ3n) is 8.91. The summed E-state index contributed by atoms with van der Waals surface area (Å²) in [5, 5.41) is 7.64. The number of methoxy groups -OCH3 is 1. The first-order valence-corrected chi connectivity index (χ1v) is 18.9. The van der Waals surface area contributed by atoms with Gasteiger partial charge >= 0.3 is 5.97 Å². The first kappa shape index (κ1) is 43.3. The Bertz CT molecular complexity index is 1100. The van der Waals surface area contributed by atoms with Crippen molar-refractivity contribution in [1.82, 2.24) is 0 Å². The van der Waals surface area contributed by atoms with Crippen molar-refractivity contribution in [3.05, 3.63) is 56.8 Å². The van der Waals surface area contributed by atoms with E-state index >= 15 is 0 Å². The molecule has 0 aromatic heterocycles. The van der Waals surface area contributed by atoms with Gasteiger partial charge in [-0.25, -0.2) is 4.79 Å². The molecule has 13 heteroatoms. The van der Waals surface area contributed by atoms with E-state index in [0.717, 1.165) is 25.7 Å². The van der Waals surface area contributed by atoms with Crippen molar-refractivity contribution in [2.75, 3.05) is 40.1 Å². The maximum atomic E-state index is 13.2. The second kappa shape index (κ2) is 28.8. The van der Waals surface area contributed by atoms with E-state index in [-0.39, 0.29) is 13.2 Å². The van der Waals surface area contributed by atoms with Gasteiger partial charge < -0.3 is 28.4 Å². The molecule has 282 valence electrons. The second-order valence-electron chi connectivity index (χ2n) is 12.9. The van der Waals surface area contributed by atoms with Crippen molar-refractivity contribution in [2.45, 2.75) is 153 Å². The summed E-state index contributed by atoms with van der Waals surface area (Å²) >= 11 is 0. The van der Waals surface area contributed by atoms with Crippen LogP contribution >= 0.6 is 0 Å². The molecule has 0 aliphatic carbocycles. The summed E-state index contributed by atoms with van der Waals surface area (Å²) in [5.41, 5.74) is 18.9. The zero-order valence-corrected chi connectivity index (χ0v) is 30.7. The molecule has 2 rings (SSSR count). The molecule has 1 saturated heterocycles. The summed E-state index contributed by atoms with van der Waals surface area (Å²) in [6, 6.07) is 7.41. The smallest absolute Gasteiger partial charge is 0.338 e. The largest absolute Gasteiger partial charge is 0.455 e. The van der Waals surface area contributed by atoms with Gasteiger partial charge in [0.05, 0.1) is 31.4 Å². The van der Waals surface area contributed by atoms with Crippen LogP contribution in [0.4, 0.5) is 0 Å². The fourth-order valence-electron chi connectivity index (χ4n) is 5.94. The van der Waals surface area contributed by atoms with Crippen LogP contribution < -0.4 is 0 Å². The highest BCUT2D eigenvalue weighted by Gasteiger charge is 2.49. The minimum absolute atomic E-state index is 0.0618. The minimum atomic E-state index is -1.13. The highest BCUT2D eigenvalue weighted by atomic mass is 16.7. The third kappa shape index (κ3) is 17.9. The first-order valence-electron chi connectivity index (χ1n) is 18.9. The van der Waals surface area contributed by atoms with Crippen LogP contribution in [0.25, 0.3) is 20.9 Å². The molecule has 50 heavy (non-hydrogen) atoms. The van der Waals surface area contributed by atoms with Crippen LogP contribution in [-0.2, 0) is 28.4 Å². The van der Waals surface area contributed by atoms with Crippen molar-refractivity contribution in [3.8, 4) is 0 Å². The zero-order chi connectivity index (χ0) is 36.1. The van der Waals surface area contributed by atoms with Gasteiger partial charge in [0.15, 0.2) is 6.29 Å². The Balaban J connectivity index is 1.86. The van der Waals surface area contributed by atoms with E-state index in [0.29, 0.717) is 25.4 Å². The van der Waals surface area contributed by atoms with E-state index < -0.39 is 42.7 Å². The molecule has 0 N–H and O–H groups in total. The predicted octanol–water partition coefficient (Wildman–Crippen LogP) is 9.64. The first-order chi connectivity index (χ1) is 24.6. The zero-order valence-electron chi connectivity index (χ0n) is 30.7. The molecule has 0 radical (unpaired) electrons. The molecule has 1 aliphatic heterocycles. The number of benzene rings is 1. The predicted molar refractivity (Wildman–Crippen MR) is 194 cm³/mol. The van der Waals surface area contributed by atoms with E-state index in [4.69, 9.17) is 34.0 Å². The summed E-state index contributed by atoms with van der Waals surface area (Å²) in [6.07, 6.45) is 15.5. The Kier molecular flexibility index (Phi) is 24.9. The number of esters is 1. The van der Waals surface area contributed by atoms with Crippen molar-refractivity contribution >= 4 is 5.97 Å². The molecule has 6 atom stereocenters. The fraction of sp³-hybridized carbons (Fsp3) is 0.811. The fourth-order valence-corrected chi connectivity index (χ4v) is 5.94. The highest BCUT2D eigenvalue weighted by molar-refractivity contribution is 5.89. The number of rotatable bonds is 30. The van der Waals surface area contributed by atoms with Gasteiger partial charge in [-0.05, 0) is 36.0 Å². The van der Waals surface area contributed by atoms with Crippen LogP contribution in [0.15, 0.2) is 40.6 Å². The third-order valence-corrected chi connectivity index (χ3v) is 8.91. The number of nitrogens with zero attached hydrogens (tertiary/aromatic N) is 6. The maximum Gasteiger partial charge on any atom is 0.338 e. The van der Waals surface area contributed by atoms with Gasteiger partial charge in [0.25, 0.3) is 0 Å². The Morgan fingerprint density at radius 3 is 1.98 bits per heavy atom. The van der Waals surface area contributed by atoms with Gasteiger partial charge in [0, 0.05) is 30.1 Å². The molecule has 0 amide bonds. The lowest BCUT2D eigenvalue weighted by molar-refractivity contribution is -0.270. The van der Waals surface area contributed by atoms with Gasteiger partial charge in [-0.15, -0.1) is 0 Å². The molecule has 0 bridgehead atoms. The molecule has 0 spiro atoms. The lowest BCUT2D eigenvalue weighted by atomic mass is 9.96. The Hall–Kier alpha value is -2.89. The normalized spacial score (nSPS) is 20.8. The molecule has 1 aromatic rings. The Labute approximate surface area is 299 Å². The molecular formula is C37H62N6O7. The van der Waals surface area contributed by atoms with Crippen molar-refractivity contribution in [1.29, 1.82) is 0 Å². The molecule has 3 unspecified atom stereocenters. The lowest BCUT2D eigenvalue weighted by Crippen LogP contribution is -2.60. The molecule has 1 fully saturated rings. The van der Waals surface area contributed by atoms with E-state index in [2.05, 4.69) is 27.0 Å². The number of carbonyl (C=O) groups excluding carboxylic acids is 1. The number of carbonyl (C=O) groups is 1. The quantitative estimate of drug-likeness (QED) is 0.0252. The number of unbranched alkanes of at least 4 members (excludes halogenated alkanes) is 14. The molecule has 1 aromatic carbocycles. The Morgan fingerprint density at radius 2 is 1.40 bits per heavy atom. The van der Waals surface area contributed by atoms with Crippen LogP contribution in [-0.4, -0.2) is 82.8 Å². The van der Waals surface area contributed by atoms with Gasteiger partial charge in [-0.3, -0.25) is 0 Å². The number of azide groups is 2. The molecule has 1 aliphatic rings. The monoisotopic (exact) mass is 702 g/mol. The number of hydrogen-bond acceptors (Lipinski definition) is 9. The molecular weight excluding hydrogens is 640 g/mol. The van der Waals surface area contributed by atoms with E-state index in [9.17, 15) is 10.3 Å². The minimum Gasteiger partial charge on any atom is -0.455 e. The van der Waals surface area contributed by atoms with E-state index in [1.807, 2.05) is 6.92 Å². The van der Waals surface area contributed by atoms with Gasteiger partial charge in [0.1, 0.15) is 24.4 Å². The number of hydrogen-bond donors (Lipinski definition) is 0. The van der Waals surface area contributed by atoms with Crippen molar-refractivity contribution in [3.63, 3.8) is 0 Å². The molecule has 1 heterocycles. The van der Waals surface area contributed by atoms with Crippen LogP contribution in [0.2, 0.25) is 0 Å². The van der Waals surface area contributed by atoms with E-state index in [1.54, 1.807) is 37.4 Å². The maximum absolute atomic E-state index is 13.2. The Morgan fingerprint density at radius 1 is 0.780 bits per heavy atom. The van der Waals surface area contributed by atoms with Gasteiger partial charge in [-0.2, -0.15) is 0 Å². The van der Waals surface area contributed by atoms with Gasteiger partial charge in [0.2, 0.25) is 0 Å². The standard InChI is InChI=1S/C37H62N6O7/c1-4-6-8-9-10-11-12-13-14-15-16-17-18-22-25-46-28-31(45-3)29-48-37-33(41-43-39)35(50-36(44)30-23-20-19-21-24-30)34(47-26-7-5-2)32(49-37)27-40-42-38/h19-21,23-24,31-35,37H,4-18,22,25-29H2,1-3H3/t31?,32?,33-,34-,35?,37+/m0/s1. The summed E-state index contributed by atoms with van der Waals surface area (Å²) in [7, 11) is 1.57. The van der Waals surface area contributed by atoms with Crippen LogP contribution in [0.5, 0.6) is 0 Å². The van der Waals surface area contributed by atoms with Crippen molar-refractivity contribution in [2.24, 2.45) is 10.2 Å². The average molecular weight is 703 g/mol. The summed E-state index contributed by atoms with van der Waals surface area (Å²) in [6.45, 7) is 5.52. The number of ether oxygens (including phenoxy) is 6. The van der Waals surface area contributed by atoms with Crippen molar-refractivity contribution < 1.29 is 33.2 Å². The van der Waals surface area contributed by atoms with Gasteiger partial charge in [-0.1, -0.05) is 132 Å². The van der Waals surface area contributed by atoms with Crippen LogP contribution in [0.1, 0.15) is 127 Å². The lowest BCUT2D eigenvalue weighted by Gasteiger charge is -2.44. The summed E-state index contributed by atoms with van der Waals surface area (Å²) in [5.74, 6) is -0.618. The second-order valence-corrected chi connectivity index (χ2v) is 12.9. The highest BCUT2D eigenvalue weighted by Crippen LogP contribution is 2.31. The van der Waals surface area contributed by atoms with E-state index in [1.165, 1.54) is 77.0 Å². The average Bonchev–Trinajstić information content (AvgIpc) is 3.14. The SMILES string of the molecule is CCCCCCCCCCCCCCCCOCC(CO[C@@H]1OC(CN=[N+]=[N-])[C@H](OCCCC)C(OC(=O)c2ccccc2)[C@@H]1N=[N+]=[N-])OC. The molecule has 13 nitrogen and oxygen atoms in total. The van der Waals surface area contributed by atoms with Crippen LogP contribution in [0.3, 0.4) is 0 Å². The summed E-state index contributed by atoms with van der Waals surface area (Å²) < 4.78 is 35.9.